The molecule has 6 rings (SSSR count). The SMILES string of the molecule is COc1ccc(CNNC(=O)[C@@]2(C/C=C/c3ccccc3)N=C(c3ccc(OCCCO)cc3)O[C@H]2c2ccc(-c3ccccc3)cc2)cc1. The molecule has 0 spiro atoms. The third kappa shape index (κ3) is 8.29. The van der Waals surface area contributed by atoms with Crippen molar-refractivity contribution in [2.45, 2.75) is 31.0 Å². The van der Waals surface area contributed by atoms with E-state index in [0.717, 1.165) is 39.1 Å². The lowest BCUT2D eigenvalue weighted by molar-refractivity contribution is -0.129. The van der Waals surface area contributed by atoms with Crippen LogP contribution in [0.3, 0.4) is 0 Å². The van der Waals surface area contributed by atoms with Crippen molar-refractivity contribution < 1.29 is 24.1 Å². The van der Waals surface area contributed by atoms with Gasteiger partial charge in [-0.15, -0.1) is 0 Å². The fraction of sp³-hybridized carbons (Fsp3) is 0.190. The van der Waals surface area contributed by atoms with Crippen molar-refractivity contribution in [3.05, 3.63) is 162 Å². The number of benzene rings is 5. The van der Waals surface area contributed by atoms with Crippen LogP contribution in [0.4, 0.5) is 0 Å². The highest BCUT2D eigenvalue weighted by molar-refractivity contribution is 6.01. The fourth-order valence-electron chi connectivity index (χ4n) is 5.81. The molecule has 0 aromatic heterocycles. The maximum atomic E-state index is 14.5. The minimum Gasteiger partial charge on any atom is -0.497 e. The molecule has 5 aromatic carbocycles. The number of hydrogen-bond acceptors (Lipinski definition) is 7. The average Bonchev–Trinajstić information content (AvgIpc) is 3.57. The first-order valence-corrected chi connectivity index (χ1v) is 16.7. The van der Waals surface area contributed by atoms with Gasteiger partial charge in [0, 0.05) is 31.6 Å². The molecule has 0 aliphatic carbocycles. The van der Waals surface area contributed by atoms with E-state index in [1.54, 1.807) is 7.11 Å². The van der Waals surface area contributed by atoms with Crippen LogP contribution in [0, 0.1) is 0 Å². The zero-order chi connectivity index (χ0) is 34.6. The van der Waals surface area contributed by atoms with Crippen LogP contribution in [0.2, 0.25) is 0 Å². The first-order chi connectivity index (χ1) is 24.6. The van der Waals surface area contributed by atoms with E-state index < -0.39 is 11.6 Å². The van der Waals surface area contributed by atoms with E-state index in [9.17, 15) is 4.79 Å². The van der Waals surface area contributed by atoms with E-state index in [0.29, 0.717) is 31.2 Å². The summed E-state index contributed by atoms with van der Waals surface area (Å²) in [6.07, 6.45) is 4.07. The molecule has 254 valence electrons. The highest BCUT2D eigenvalue weighted by Gasteiger charge is 2.52. The molecular formula is C42H41N3O5. The molecule has 0 unspecified atom stereocenters. The number of aliphatic hydroxyl groups is 1. The maximum absolute atomic E-state index is 14.5. The minimum absolute atomic E-state index is 0.0638. The van der Waals surface area contributed by atoms with Crippen molar-refractivity contribution in [2.24, 2.45) is 4.99 Å². The van der Waals surface area contributed by atoms with Gasteiger partial charge in [0.25, 0.3) is 5.91 Å². The van der Waals surface area contributed by atoms with Crippen molar-refractivity contribution in [1.82, 2.24) is 10.9 Å². The highest BCUT2D eigenvalue weighted by Crippen LogP contribution is 2.43. The number of hydrogen-bond donors (Lipinski definition) is 3. The Hall–Kier alpha value is -5.70. The summed E-state index contributed by atoms with van der Waals surface area (Å²) in [6.45, 7) is 0.875. The number of nitrogens with zero attached hydrogens (tertiary/aromatic N) is 1. The number of aliphatic imine (C=N–C) groups is 1. The molecule has 50 heavy (non-hydrogen) atoms. The number of carbonyl (C=O) groups is 1. The quantitative estimate of drug-likeness (QED) is 0.0800. The third-order valence-electron chi connectivity index (χ3n) is 8.54. The largest absolute Gasteiger partial charge is 0.497 e. The average molecular weight is 668 g/mol. The zero-order valence-corrected chi connectivity index (χ0v) is 28.0. The number of methoxy groups -OCH3 is 1. The monoisotopic (exact) mass is 667 g/mol. The molecular weight excluding hydrogens is 626 g/mol. The van der Waals surface area contributed by atoms with Crippen molar-refractivity contribution in [1.29, 1.82) is 0 Å². The second-order valence-electron chi connectivity index (χ2n) is 12.0. The molecule has 1 aliphatic rings. The molecule has 1 amide bonds. The number of rotatable bonds is 15. The van der Waals surface area contributed by atoms with Gasteiger partial charge in [0.15, 0.2) is 11.6 Å². The lowest BCUT2D eigenvalue weighted by Gasteiger charge is -2.30. The van der Waals surface area contributed by atoms with Crippen molar-refractivity contribution >= 4 is 17.9 Å². The molecule has 0 radical (unpaired) electrons. The van der Waals surface area contributed by atoms with Crippen molar-refractivity contribution in [2.75, 3.05) is 20.3 Å². The molecule has 3 N–H and O–H groups in total. The van der Waals surface area contributed by atoms with Crippen LogP contribution >= 0.6 is 0 Å². The minimum atomic E-state index is -1.35. The van der Waals surface area contributed by atoms with E-state index in [4.69, 9.17) is 24.3 Å². The number of aliphatic hydroxyl groups excluding tert-OH is 1. The standard InChI is InChI=1S/C42H41N3O5/c1-48-37-23-15-32(16-24-37)30-43-45-41(47)42(27-8-12-31-10-4-2-5-11-31)39(35-19-17-34(18-20-35)33-13-6-3-7-14-33)50-40(44-42)36-21-25-38(26-22-36)49-29-9-28-46/h2-8,10-26,39,43,46H,9,27-30H2,1H3,(H,45,47)/b12-8+/t39-,42-/m0/s1. The molecule has 1 heterocycles. The topological polar surface area (TPSA) is 101 Å². The number of carbonyl (C=O) groups excluding carboxylic acids is 1. The van der Waals surface area contributed by atoms with Crippen molar-refractivity contribution in [3.8, 4) is 22.6 Å². The molecule has 0 saturated heterocycles. The predicted molar refractivity (Wildman–Crippen MR) is 197 cm³/mol. The van der Waals surface area contributed by atoms with E-state index >= 15 is 0 Å². The summed E-state index contributed by atoms with van der Waals surface area (Å²) in [4.78, 5) is 19.6. The summed E-state index contributed by atoms with van der Waals surface area (Å²) < 4.78 is 17.7. The summed E-state index contributed by atoms with van der Waals surface area (Å²) in [7, 11) is 1.63. The van der Waals surface area contributed by atoms with Gasteiger partial charge in [0.1, 0.15) is 11.5 Å². The van der Waals surface area contributed by atoms with Crippen LogP contribution in [0.1, 0.15) is 41.2 Å². The van der Waals surface area contributed by atoms with Crippen LogP contribution in [-0.2, 0) is 16.1 Å². The Morgan fingerprint density at radius 1 is 0.820 bits per heavy atom. The first kappa shape index (κ1) is 34.2. The van der Waals surface area contributed by atoms with Crippen molar-refractivity contribution in [3.63, 3.8) is 0 Å². The van der Waals surface area contributed by atoms with Gasteiger partial charge in [-0.2, -0.15) is 0 Å². The summed E-state index contributed by atoms with van der Waals surface area (Å²) in [5.74, 6) is 1.48. The van der Waals surface area contributed by atoms with Gasteiger partial charge < -0.3 is 19.3 Å². The third-order valence-corrected chi connectivity index (χ3v) is 8.54. The predicted octanol–water partition coefficient (Wildman–Crippen LogP) is 7.30. The molecule has 0 fully saturated rings. The Labute approximate surface area is 293 Å². The Morgan fingerprint density at radius 2 is 1.46 bits per heavy atom. The molecule has 8 heteroatoms. The Morgan fingerprint density at radius 3 is 2.14 bits per heavy atom. The zero-order valence-electron chi connectivity index (χ0n) is 28.0. The molecule has 5 aromatic rings. The van der Waals surface area contributed by atoms with Gasteiger partial charge in [-0.05, 0) is 64.2 Å². The van der Waals surface area contributed by atoms with Gasteiger partial charge in [0.05, 0.1) is 13.7 Å². The van der Waals surface area contributed by atoms with Crippen LogP contribution in [0.25, 0.3) is 17.2 Å². The second kappa shape index (κ2) is 16.6. The number of amides is 1. The Bertz CT molecular complexity index is 1880. The van der Waals surface area contributed by atoms with Crippen LogP contribution in [0.15, 0.2) is 145 Å². The van der Waals surface area contributed by atoms with Gasteiger partial charge in [-0.25, -0.2) is 10.4 Å². The summed E-state index contributed by atoms with van der Waals surface area (Å²) in [5, 5.41) is 9.12. The van der Waals surface area contributed by atoms with Gasteiger partial charge in [0.2, 0.25) is 5.90 Å². The first-order valence-electron chi connectivity index (χ1n) is 16.7. The summed E-state index contributed by atoms with van der Waals surface area (Å²) in [5.41, 5.74) is 10.4. The number of nitrogens with one attached hydrogen (secondary N) is 2. The number of ether oxygens (including phenoxy) is 3. The fourth-order valence-corrected chi connectivity index (χ4v) is 5.81. The lowest BCUT2D eigenvalue weighted by atomic mass is 9.84. The molecule has 0 bridgehead atoms. The lowest BCUT2D eigenvalue weighted by Crippen LogP contribution is -2.52. The van der Waals surface area contributed by atoms with Crippen LogP contribution < -0.4 is 20.3 Å². The van der Waals surface area contributed by atoms with Crippen LogP contribution in [-0.4, -0.2) is 42.8 Å². The second-order valence-corrected chi connectivity index (χ2v) is 12.0. The van der Waals surface area contributed by atoms with E-state index in [1.165, 1.54) is 0 Å². The van der Waals surface area contributed by atoms with E-state index in [1.807, 2.05) is 121 Å². The van der Waals surface area contributed by atoms with E-state index in [-0.39, 0.29) is 18.9 Å². The molecule has 2 atom stereocenters. The smallest absolute Gasteiger partial charge is 0.266 e. The Kier molecular flexibility index (Phi) is 11.4. The normalized spacial score (nSPS) is 16.8. The number of hydrazine groups is 1. The van der Waals surface area contributed by atoms with Gasteiger partial charge in [-0.3, -0.25) is 10.2 Å². The summed E-state index contributed by atoms with van der Waals surface area (Å²) in [6, 6.07) is 43.3. The molecule has 1 aliphatic heterocycles. The van der Waals surface area contributed by atoms with Gasteiger partial charge in [-0.1, -0.05) is 109 Å². The summed E-state index contributed by atoms with van der Waals surface area (Å²) >= 11 is 0. The van der Waals surface area contributed by atoms with Gasteiger partial charge >= 0.3 is 0 Å². The van der Waals surface area contributed by atoms with E-state index in [2.05, 4.69) is 35.1 Å². The molecule has 0 saturated carbocycles. The Balaban J connectivity index is 1.34. The highest BCUT2D eigenvalue weighted by atomic mass is 16.5. The molecule has 8 nitrogen and oxygen atoms in total. The maximum Gasteiger partial charge on any atom is 0.266 e. The van der Waals surface area contributed by atoms with Crippen LogP contribution in [0.5, 0.6) is 11.5 Å².